The molecule has 11 heteroatoms. The topological polar surface area (TPSA) is 96.1 Å². The van der Waals surface area contributed by atoms with E-state index in [4.69, 9.17) is 39.1 Å². The van der Waals surface area contributed by atoms with Crippen molar-refractivity contribution in [3.63, 3.8) is 0 Å². The summed E-state index contributed by atoms with van der Waals surface area (Å²) in [6, 6.07) is 8.76. The number of anilines is 1. The third kappa shape index (κ3) is 3.84. The van der Waals surface area contributed by atoms with Gasteiger partial charge in [-0.15, -0.1) is 11.6 Å². The second-order valence-corrected chi connectivity index (χ2v) is 12.0. The van der Waals surface area contributed by atoms with Gasteiger partial charge in [-0.25, -0.2) is 13.4 Å². The fourth-order valence-electron chi connectivity index (χ4n) is 4.14. The zero-order valence-electron chi connectivity index (χ0n) is 17.0. The Kier molecular flexibility index (Phi) is 5.45. The number of benzene rings is 1. The van der Waals surface area contributed by atoms with Crippen molar-refractivity contribution in [2.45, 2.75) is 42.1 Å². The molecule has 0 saturated carbocycles. The summed E-state index contributed by atoms with van der Waals surface area (Å²) in [5.74, 6) is -0.271. The maximum atomic E-state index is 13.8. The molecule has 0 fully saturated rings. The van der Waals surface area contributed by atoms with E-state index in [9.17, 15) is 13.2 Å². The first-order valence-corrected chi connectivity index (χ1v) is 12.6. The molecule has 0 bridgehead atoms. The molecule has 2 aliphatic rings. The standard InChI is InChI=1S/C21H17Cl3N4O3S/c1-20(23)9-15(22)7-16(10-20)27-18(29)21(2,8-13-3-5-14(11-25)6-4-13)28-17(32(24,30)31)12-26-19(27)28/h3-7,9,12H,8,10H2,1-2H3/t20?,21-/m1/s1. The monoisotopic (exact) mass is 510 g/mol. The highest BCUT2D eigenvalue weighted by Crippen LogP contribution is 2.45. The van der Waals surface area contributed by atoms with Gasteiger partial charge in [0.15, 0.2) is 5.03 Å². The van der Waals surface area contributed by atoms with E-state index in [2.05, 4.69) is 4.98 Å². The number of nitriles is 1. The number of rotatable bonds is 4. The number of allylic oxidation sites excluding steroid dienone is 4. The summed E-state index contributed by atoms with van der Waals surface area (Å²) in [6.45, 7) is 3.40. The molecule has 1 amide bonds. The molecule has 166 valence electrons. The maximum Gasteiger partial charge on any atom is 0.278 e. The number of alkyl halides is 1. The van der Waals surface area contributed by atoms with Gasteiger partial charge in [0, 0.05) is 34.3 Å². The smallest absolute Gasteiger partial charge is 0.278 e. The van der Waals surface area contributed by atoms with Crippen molar-refractivity contribution in [1.82, 2.24) is 9.55 Å². The van der Waals surface area contributed by atoms with Gasteiger partial charge >= 0.3 is 0 Å². The largest absolute Gasteiger partial charge is 0.284 e. The Bertz CT molecular complexity index is 1340. The Morgan fingerprint density at radius 3 is 2.47 bits per heavy atom. The van der Waals surface area contributed by atoms with Crippen LogP contribution < -0.4 is 4.90 Å². The molecule has 1 unspecified atom stereocenters. The van der Waals surface area contributed by atoms with Crippen LogP contribution in [0.1, 0.15) is 31.4 Å². The van der Waals surface area contributed by atoms with Crippen LogP contribution in [-0.4, -0.2) is 28.8 Å². The molecule has 2 heterocycles. The number of amides is 1. The van der Waals surface area contributed by atoms with Crippen LogP contribution in [-0.2, 0) is 25.8 Å². The molecule has 0 saturated heterocycles. The average molecular weight is 512 g/mol. The zero-order chi connectivity index (χ0) is 23.5. The Balaban J connectivity index is 1.87. The number of halogens is 3. The zero-order valence-corrected chi connectivity index (χ0v) is 20.1. The van der Waals surface area contributed by atoms with Crippen molar-refractivity contribution in [2.24, 2.45) is 0 Å². The minimum Gasteiger partial charge on any atom is -0.284 e. The van der Waals surface area contributed by atoms with E-state index in [-0.39, 0.29) is 23.8 Å². The Labute approximate surface area is 199 Å². The Hall–Kier alpha value is -2.31. The van der Waals surface area contributed by atoms with Crippen LogP contribution in [0.4, 0.5) is 5.95 Å². The highest BCUT2D eigenvalue weighted by molar-refractivity contribution is 8.13. The first-order valence-electron chi connectivity index (χ1n) is 9.50. The molecule has 0 radical (unpaired) electrons. The van der Waals surface area contributed by atoms with Crippen molar-refractivity contribution in [1.29, 1.82) is 5.26 Å². The van der Waals surface area contributed by atoms with E-state index in [1.807, 2.05) is 6.07 Å². The number of imidazole rings is 1. The number of fused-ring (bicyclic) bond motifs is 1. The van der Waals surface area contributed by atoms with Crippen LogP contribution in [0.2, 0.25) is 0 Å². The van der Waals surface area contributed by atoms with E-state index in [0.29, 0.717) is 16.3 Å². The second-order valence-electron chi connectivity index (χ2n) is 8.19. The fraction of sp³-hybridized carbons (Fsp3) is 0.286. The summed E-state index contributed by atoms with van der Waals surface area (Å²) in [5, 5.41) is 9.12. The lowest BCUT2D eigenvalue weighted by atomic mass is 9.91. The fourth-order valence-corrected chi connectivity index (χ4v) is 5.83. The lowest BCUT2D eigenvalue weighted by Crippen LogP contribution is -2.43. The molecule has 2 atom stereocenters. The first-order chi connectivity index (χ1) is 14.9. The molecular formula is C21H17Cl3N4O3S. The average Bonchev–Trinajstić information content (AvgIpc) is 3.20. The molecule has 2 aromatic rings. The van der Waals surface area contributed by atoms with Crippen molar-refractivity contribution in [2.75, 3.05) is 4.90 Å². The Morgan fingerprint density at radius 2 is 1.91 bits per heavy atom. The third-order valence-corrected chi connectivity index (χ3v) is 7.23. The molecule has 1 aliphatic carbocycles. The van der Waals surface area contributed by atoms with E-state index in [0.717, 1.165) is 11.8 Å². The van der Waals surface area contributed by atoms with Gasteiger partial charge in [0.1, 0.15) is 5.54 Å². The van der Waals surface area contributed by atoms with Gasteiger partial charge in [0.2, 0.25) is 5.95 Å². The van der Waals surface area contributed by atoms with Crippen LogP contribution in [0.3, 0.4) is 0 Å². The maximum absolute atomic E-state index is 13.8. The van der Waals surface area contributed by atoms with Crippen LogP contribution >= 0.6 is 33.9 Å². The molecule has 1 aromatic carbocycles. The summed E-state index contributed by atoms with van der Waals surface area (Å²) < 4.78 is 25.9. The predicted octanol–water partition coefficient (Wildman–Crippen LogP) is 4.39. The molecule has 7 nitrogen and oxygen atoms in total. The Morgan fingerprint density at radius 1 is 1.25 bits per heavy atom. The summed E-state index contributed by atoms with van der Waals surface area (Å²) in [7, 11) is 1.48. The van der Waals surface area contributed by atoms with Crippen LogP contribution in [0, 0.1) is 11.3 Å². The van der Waals surface area contributed by atoms with Crippen LogP contribution in [0.15, 0.2) is 58.4 Å². The molecule has 0 spiro atoms. The lowest BCUT2D eigenvalue weighted by Gasteiger charge is -2.30. The van der Waals surface area contributed by atoms with Gasteiger partial charge < -0.3 is 0 Å². The van der Waals surface area contributed by atoms with Gasteiger partial charge in [-0.3, -0.25) is 14.3 Å². The highest BCUT2D eigenvalue weighted by atomic mass is 35.7. The number of nitrogens with zero attached hydrogens (tertiary/aromatic N) is 4. The summed E-state index contributed by atoms with van der Waals surface area (Å²) in [6.07, 6.45) is 4.85. The number of hydrogen-bond donors (Lipinski definition) is 0. The van der Waals surface area contributed by atoms with Gasteiger partial charge in [0.05, 0.1) is 22.7 Å². The van der Waals surface area contributed by atoms with Crippen LogP contribution in [0.25, 0.3) is 0 Å². The van der Waals surface area contributed by atoms with E-state index in [1.165, 1.54) is 9.47 Å². The summed E-state index contributed by atoms with van der Waals surface area (Å²) >= 11 is 12.8. The van der Waals surface area contributed by atoms with Gasteiger partial charge in [-0.1, -0.05) is 23.7 Å². The van der Waals surface area contributed by atoms with Gasteiger partial charge in [-0.05, 0) is 43.7 Å². The first kappa shape index (κ1) is 22.9. The van der Waals surface area contributed by atoms with Crippen molar-refractivity contribution < 1.29 is 13.2 Å². The van der Waals surface area contributed by atoms with Gasteiger partial charge in [-0.2, -0.15) is 5.26 Å². The van der Waals surface area contributed by atoms with Crippen molar-refractivity contribution in [3.8, 4) is 6.07 Å². The number of carbonyl (C=O) groups excluding carboxylic acids is 1. The van der Waals surface area contributed by atoms with E-state index in [1.54, 1.807) is 50.3 Å². The van der Waals surface area contributed by atoms with Crippen molar-refractivity contribution >= 4 is 54.8 Å². The molecule has 4 rings (SSSR count). The second kappa shape index (κ2) is 7.63. The number of carbonyl (C=O) groups is 1. The molecule has 1 aromatic heterocycles. The molecule has 32 heavy (non-hydrogen) atoms. The summed E-state index contributed by atoms with van der Waals surface area (Å²) in [5.41, 5.74) is 0.348. The quantitative estimate of drug-likeness (QED) is 0.448. The number of hydrogen-bond acceptors (Lipinski definition) is 5. The summed E-state index contributed by atoms with van der Waals surface area (Å²) in [4.78, 5) is 18.5. The van der Waals surface area contributed by atoms with E-state index < -0.39 is 25.4 Å². The normalized spacial score (nSPS) is 25.2. The predicted molar refractivity (Wildman–Crippen MR) is 122 cm³/mol. The lowest BCUT2D eigenvalue weighted by molar-refractivity contribution is -0.124. The SMILES string of the molecule is CC1(Cl)C=C(Cl)C=C(N2C(=O)[C@@](C)(Cc3ccc(C#N)cc3)n3c(S(=O)(=O)Cl)cnc32)C1. The van der Waals surface area contributed by atoms with Crippen LogP contribution in [0.5, 0.6) is 0 Å². The molecule has 0 N–H and O–H groups in total. The third-order valence-electron chi connectivity index (χ3n) is 5.51. The van der Waals surface area contributed by atoms with Gasteiger partial charge in [0.25, 0.3) is 15.0 Å². The van der Waals surface area contributed by atoms with Crippen molar-refractivity contribution in [3.05, 3.63) is 64.5 Å². The minimum atomic E-state index is -4.20. The molecule has 1 aliphatic heterocycles. The molecular weight excluding hydrogens is 495 g/mol. The minimum absolute atomic E-state index is 0.121. The number of aromatic nitrogens is 2. The highest BCUT2D eigenvalue weighted by Gasteiger charge is 2.52. The van der Waals surface area contributed by atoms with E-state index >= 15 is 0 Å².